The van der Waals surface area contributed by atoms with Gasteiger partial charge in [-0.3, -0.25) is 14.5 Å². The van der Waals surface area contributed by atoms with Crippen LogP contribution in [0.25, 0.3) is 0 Å². The Balaban J connectivity index is 1.76. The van der Waals surface area contributed by atoms with Gasteiger partial charge in [-0.2, -0.15) is 5.10 Å². The van der Waals surface area contributed by atoms with Crippen molar-refractivity contribution in [2.45, 2.75) is 6.54 Å². The summed E-state index contributed by atoms with van der Waals surface area (Å²) in [5.41, 5.74) is 6.74. The van der Waals surface area contributed by atoms with Crippen LogP contribution in [0.3, 0.4) is 0 Å². The highest BCUT2D eigenvalue weighted by Crippen LogP contribution is 2.07. The molecule has 2 rings (SSSR count). The number of hydrogen-bond donors (Lipinski definition) is 2. The van der Waals surface area contributed by atoms with Gasteiger partial charge in [-0.1, -0.05) is 5.16 Å². The fraction of sp³-hybridized carbons (Fsp3) is 0.636. The van der Waals surface area contributed by atoms with Gasteiger partial charge >= 0.3 is 0 Å². The Labute approximate surface area is 106 Å². The molecule has 0 unspecified atom stereocenters. The Hall–Kier alpha value is -1.60. The zero-order valence-electron chi connectivity index (χ0n) is 10.7. The lowest BCUT2D eigenvalue weighted by Crippen LogP contribution is -2.48. The molecule has 0 atom stereocenters. The number of piperazine rings is 1. The molecule has 3 N–H and O–H groups in total. The highest BCUT2D eigenvalue weighted by Gasteiger charge is 2.17. The molecular weight excluding hydrogens is 232 g/mol. The van der Waals surface area contributed by atoms with Crippen LogP contribution in [0.15, 0.2) is 17.5 Å². The highest BCUT2D eigenvalue weighted by atomic mass is 16.4. The molecule has 0 bridgehead atoms. The summed E-state index contributed by atoms with van der Waals surface area (Å²) >= 11 is 0. The first-order chi connectivity index (χ1) is 8.67. The third kappa shape index (κ3) is 3.44. The van der Waals surface area contributed by atoms with Gasteiger partial charge in [0.25, 0.3) is 0 Å². The molecule has 7 heteroatoms. The van der Waals surface area contributed by atoms with Gasteiger partial charge < -0.3 is 10.9 Å². The number of aryl methyl sites for hydroxylation is 1. The number of nitrogens with zero attached hydrogens (tertiary/aromatic N) is 5. The van der Waals surface area contributed by atoms with Gasteiger partial charge in [0.15, 0.2) is 5.84 Å². The van der Waals surface area contributed by atoms with Crippen molar-refractivity contribution in [3.63, 3.8) is 0 Å². The van der Waals surface area contributed by atoms with E-state index in [9.17, 15) is 0 Å². The minimum atomic E-state index is 0.274. The molecule has 0 radical (unpaired) electrons. The summed E-state index contributed by atoms with van der Waals surface area (Å²) in [6, 6.07) is 0. The van der Waals surface area contributed by atoms with E-state index in [0.717, 1.165) is 32.7 Å². The molecule has 1 aliphatic heterocycles. The van der Waals surface area contributed by atoms with Crippen LogP contribution in [-0.4, -0.2) is 63.3 Å². The average molecular weight is 252 g/mol. The highest BCUT2D eigenvalue weighted by molar-refractivity contribution is 5.81. The number of rotatable bonds is 4. The number of amidine groups is 1. The van der Waals surface area contributed by atoms with E-state index in [1.165, 1.54) is 5.56 Å². The molecule has 1 aromatic heterocycles. The van der Waals surface area contributed by atoms with Crippen LogP contribution < -0.4 is 5.73 Å². The van der Waals surface area contributed by atoms with Crippen molar-refractivity contribution in [3.8, 4) is 0 Å². The van der Waals surface area contributed by atoms with Crippen molar-refractivity contribution in [2.75, 3.05) is 32.7 Å². The molecule has 1 aromatic rings. The van der Waals surface area contributed by atoms with Crippen molar-refractivity contribution in [2.24, 2.45) is 17.9 Å². The second-order valence-electron chi connectivity index (χ2n) is 4.67. The predicted octanol–water partition coefficient (Wildman–Crippen LogP) is -0.716. The second-order valence-corrected chi connectivity index (χ2v) is 4.67. The summed E-state index contributed by atoms with van der Waals surface area (Å²) in [6.07, 6.45) is 3.95. The number of nitrogens with two attached hydrogens (primary N) is 1. The van der Waals surface area contributed by atoms with Crippen molar-refractivity contribution < 1.29 is 5.21 Å². The molecule has 0 amide bonds. The zero-order valence-corrected chi connectivity index (χ0v) is 10.7. The maximum absolute atomic E-state index is 8.53. The number of hydrogen-bond acceptors (Lipinski definition) is 5. The third-order valence-electron chi connectivity index (χ3n) is 3.14. The van der Waals surface area contributed by atoms with E-state index in [-0.39, 0.29) is 5.84 Å². The van der Waals surface area contributed by atoms with Gasteiger partial charge in [-0.25, -0.2) is 0 Å². The Morgan fingerprint density at radius 2 is 2.06 bits per heavy atom. The van der Waals surface area contributed by atoms with Crippen LogP contribution in [0.5, 0.6) is 0 Å². The lowest BCUT2D eigenvalue weighted by molar-refractivity contribution is 0.139. The molecule has 0 aromatic carbocycles. The molecule has 1 fully saturated rings. The van der Waals surface area contributed by atoms with Gasteiger partial charge in [0.1, 0.15) is 0 Å². The largest absolute Gasteiger partial charge is 0.409 e. The molecule has 18 heavy (non-hydrogen) atoms. The minimum absolute atomic E-state index is 0.274. The van der Waals surface area contributed by atoms with Gasteiger partial charge in [-0.05, 0) is 0 Å². The van der Waals surface area contributed by atoms with E-state index in [2.05, 4.69) is 20.1 Å². The molecule has 0 saturated carbocycles. The maximum Gasteiger partial charge on any atom is 0.153 e. The molecule has 1 aliphatic rings. The first-order valence-electron chi connectivity index (χ1n) is 6.06. The monoisotopic (exact) mass is 252 g/mol. The molecule has 7 nitrogen and oxygen atoms in total. The standard InChI is InChI=1S/C11H20N6O/c1-15-7-10(6-13-15)8-16-2-4-17(5-3-16)9-11(12)14-18/h6-7,18H,2-5,8-9H2,1H3,(H2,12,14). The molecule has 2 heterocycles. The first-order valence-corrected chi connectivity index (χ1v) is 6.06. The molecule has 100 valence electrons. The first kappa shape index (κ1) is 12.8. The van der Waals surface area contributed by atoms with Gasteiger partial charge in [-0.15, -0.1) is 0 Å². The normalized spacial score (nSPS) is 19.3. The second kappa shape index (κ2) is 5.83. The lowest BCUT2D eigenvalue weighted by atomic mass is 10.2. The quantitative estimate of drug-likeness (QED) is 0.320. The van der Waals surface area contributed by atoms with Crippen molar-refractivity contribution >= 4 is 5.84 Å². The van der Waals surface area contributed by atoms with E-state index in [1.807, 2.05) is 24.1 Å². The van der Waals surface area contributed by atoms with E-state index in [4.69, 9.17) is 10.9 Å². The summed E-state index contributed by atoms with van der Waals surface area (Å²) in [6.45, 7) is 5.34. The Morgan fingerprint density at radius 1 is 1.39 bits per heavy atom. The zero-order chi connectivity index (χ0) is 13.0. The summed E-state index contributed by atoms with van der Waals surface area (Å²) in [7, 11) is 1.93. The minimum Gasteiger partial charge on any atom is -0.409 e. The SMILES string of the molecule is Cn1cc(CN2CCN(CC(N)=NO)CC2)cn1. The smallest absolute Gasteiger partial charge is 0.153 e. The number of oxime groups is 1. The Morgan fingerprint density at radius 3 is 2.61 bits per heavy atom. The summed E-state index contributed by atoms with van der Waals surface area (Å²) in [4.78, 5) is 4.58. The van der Waals surface area contributed by atoms with Crippen molar-refractivity contribution in [1.29, 1.82) is 0 Å². The average Bonchev–Trinajstić information content (AvgIpc) is 2.77. The van der Waals surface area contributed by atoms with Crippen molar-refractivity contribution in [1.82, 2.24) is 19.6 Å². The Kier molecular flexibility index (Phi) is 4.16. The van der Waals surface area contributed by atoms with Crippen LogP contribution in [-0.2, 0) is 13.6 Å². The van der Waals surface area contributed by atoms with Gasteiger partial charge in [0, 0.05) is 51.5 Å². The summed E-state index contributed by atoms with van der Waals surface area (Å²) in [5, 5.41) is 15.7. The van der Waals surface area contributed by atoms with Crippen LogP contribution in [0.2, 0.25) is 0 Å². The van der Waals surface area contributed by atoms with E-state index >= 15 is 0 Å². The fourth-order valence-electron chi connectivity index (χ4n) is 2.18. The number of aromatic nitrogens is 2. The Bertz CT molecular complexity index is 407. The van der Waals surface area contributed by atoms with E-state index in [1.54, 1.807) is 0 Å². The molecule has 1 saturated heterocycles. The van der Waals surface area contributed by atoms with Crippen LogP contribution in [0, 0.1) is 0 Å². The fourth-order valence-corrected chi connectivity index (χ4v) is 2.18. The van der Waals surface area contributed by atoms with Gasteiger partial charge in [0.2, 0.25) is 0 Å². The summed E-state index contributed by atoms with van der Waals surface area (Å²) < 4.78 is 1.82. The lowest BCUT2D eigenvalue weighted by Gasteiger charge is -2.34. The molecule has 0 aliphatic carbocycles. The van der Waals surface area contributed by atoms with Crippen LogP contribution in [0.1, 0.15) is 5.56 Å². The summed E-state index contributed by atoms with van der Waals surface area (Å²) in [5.74, 6) is 0.274. The maximum atomic E-state index is 8.53. The van der Waals surface area contributed by atoms with Crippen LogP contribution >= 0.6 is 0 Å². The van der Waals surface area contributed by atoms with E-state index in [0.29, 0.717) is 6.54 Å². The van der Waals surface area contributed by atoms with E-state index < -0.39 is 0 Å². The van der Waals surface area contributed by atoms with Crippen LogP contribution in [0.4, 0.5) is 0 Å². The topological polar surface area (TPSA) is 82.9 Å². The molecule has 0 spiro atoms. The van der Waals surface area contributed by atoms with Crippen molar-refractivity contribution in [3.05, 3.63) is 18.0 Å². The van der Waals surface area contributed by atoms with Gasteiger partial charge in [0.05, 0.1) is 12.7 Å². The predicted molar refractivity (Wildman–Crippen MR) is 68.3 cm³/mol. The third-order valence-corrected chi connectivity index (χ3v) is 3.14. The molecular formula is C11H20N6O.